The quantitative estimate of drug-likeness (QED) is 0.579. The first-order chi connectivity index (χ1) is 4.74. The lowest BCUT2D eigenvalue weighted by molar-refractivity contribution is -0.155. The van der Waals surface area contributed by atoms with Crippen LogP contribution in [0.2, 0.25) is 0 Å². The maximum atomic E-state index is 10.8. The summed E-state index contributed by atoms with van der Waals surface area (Å²) in [5.74, 6) is -0.297. The minimum Gasteiger partial charge on any atom is -0.436 e. The van der Waals surface area contributed by atoms with E-state index in [2.05, 4.69) is 4.74 Å². The van der Waals surface area contributed by atoms with E-state index in [0.29, 0.717) is 6.42 Å². The minimum atomic E-state index is -0.843. The zero-order chi connectivity index (χ0) is 7.56. The van der Waals surface area contributed by atoms with E-state index >= 15 is 0 Å². The zero-order valence-corrected chi connectivity index (χ0v) is 6.04. The second kappa shape index (κ2) is 3.01. The number of esters is 1. The molecule has 0 bridgehead atoms. The molecule has 0 aromatic rings. The molecular weight excluding hydrogens is 132 g/mol. The van der Waals surface area contributed by atoms with E-state index in [0.717, 1.165) is 12.8 Å². The average Bonchev–Trinajstić information content (AvgIpc) is 2.13. The van der Waals surface area contributed by atoms with Crippen molar-refractivity contribution in [1.82, 2.24) is 0 Å². The maximum absolute atomic E-state index is 10.8. The summed E-state index contributed by atoms with van der Waals surface area (Å²) in [5, 5.41) is 8.85. The molecule has 1 unspecified atom stereocenters. The molecule has 1 saturated heterocycles. The van der Waals surface area contributed by atoms with Crippen LogP contribution in [0.25, 0.3) is 0 Å². The number of carbonyl (C=O) groups excluding carboxylic acids is 1. The van der Waals surface area contributed by atoms with Gasteiger partial charge in [-0.1, -0.05) is 13.3 Å². The zero-order valence-electron chi connectivity index (χ0n) is 6.04. The molecule has 3 nitrogen and oxygen atoms in total. The van der Waals surface area contributed by atoms with Crippen LogP contribution in [0.4, 0.5) is 0 Å². The van der Waals surface area contributed by atoms with Gasteiger partial charge in [-0.25, -0.2) is 0 Å². The molecule has 0 amide bonds. The van der Waals surface area contributed by atoms with Crippen molar-refractivity contribution in [2.45, 2.75) is 32.5 Å². The van der Waals surface area contributed by atoms with Crippen molar-refractivity contribution in [3.8, 4) is 0 Å². The smallest absolute Gasteiger partial charge is 0.311 e. The summed E-state index contributed by atoms with van der Waals surface area (Å²) in [5.41, 5.74) is 0. The van der Waals surface area contributed by atoms with E-state index < -0.39 is 6.29 Å². The van der Waals surface area contributed by atoms with Gasteiger partial charge in [0, 0.05) is 6.42 Å². The summed E-state index contributed by atoms with van der Waals surface area (Å²) < 4.78 is 4.54. The molecule has 58 valence electrons. The number of carbonyl (C=O) groups is 1. The molecule has 1 fully saturated rings. The number of rotatable bonds is 2. The molecular formula is C7H12O3. The van der Waals surface area contributed by atoms with Gasteiger partial charge in [0.05, 0.1) is 5.92 Å². The van der Waals surface area contributed by atoms with Gasteiger partial charge in [0.1, 0.15) is 0 Å². The molecule has 0 spiro atoms. The summed E-state index contributed by atoms with van der Waals surface area (Å²) in [6, 6.07) is 0. The largest absolute Gasteiger partial charge is 0.436 e. The Hall–Kier alpha value is -0.570. The summed E-state index contributed by atoms with van der Waals surface area (Å²) in [7, 11) is 0. The van der Waals surface area contributed by atoms with Crippen molar-refractivity contribution in [2.24, 2.45) is 5.92 Å². The summed E-state index contributed by atoms with van der Waals surface area (Å²) in [6.45, 7) is 2.01. The van der Waals surface area contributed by atoms with Crippen molar-refractivity contribution in [3.05, 3.63) is 0 Å². The lowest BCUT2D eigenvalue weighted by atomic mass is 10.0. The fraction of sp³-hybridized carbons (Fsp3) is 0.857. The van der Waals surface area contributed by atoms with Crippen LogP contribution >= 0.6 is 0 Å². The lowest BCUT2D eigenvalue weighted by Crippen LogP contribution is -2.06. The van der Waals surface area contributed by atoms with E-state index in [-0.39, 0.29) is 11.9 Å². The van der Waals surface area contributed by atoms with E-state index in [1.54, 1.807) is 0 Å². The highest BCUT2D eigenvalue weighted by atomic mass is 16.6. The number of hydrogen-bond acceptors (Lipinski definition) is 3. The second-order valence-corrected chi connectivity index (χ2v) is 2.61. The van der Waals surface area contributed by atoms with Crippen LogP contribution in [-0.4, -0.2) is 17.4 Å². The molecule has 0 aliphatic carbocycles. The van der Waals surface area contributed by atoms with Crippen LogP contribution in [-0.2, 0) is 9.53 Å². The van der Waals surface area contributed by atoms with E-state index in [1.165, 1.54) is 0 Å². The fourth-order valence-electron chi connectivity index (χ4n) is 1.20. The Balaban J connectivity index is 2.39. The van der Waals surface area contributed by atoms with Gasteiger partial charge >= 0.3 is 5.97 Å². The van der Waals surface area contributed by atoms with Crippen LogP contribution in [0.15, 0.2) is 0 Å². The third kappa shape index (κ3) is 1.48. The van der Waals surface area contributed by atoms with Gasteiger partial charge in [-0.15, -0.1) is 0 Å². The van der Waals surface area contributed by atoms with Crippen LogP contribution < -0.4 is 0 Å². The van der Waals surface area contributed by atoms with E-state index in [1.807, 2.05) is 6.92 Å². The molecule has 1 rings (SSSR count). The highest BCUT2D eigenvalue weighted by Gasteiger charge is 2.31. The van der Waals surface area contributed by atoms with Gasteiger partial charge in [0.2, 0.25) is 6.29 Å². The first-order valence-corrected chi connectivity index (χ1v) is 3.62. The second-order valence-electron chi connectivity index (χ2n) is 2.61. The number of hydrogen-bond donors (Lipinski definition) is 1. The molecule has 1 N–H and O–H groups in total. The van der Waals surface area contributed by atoms with Gasteiger partial charge in [-0.05, 0) is 6.42 Å². The van der Waals surface area contributed by atoms with Gasteiger partial charge in [0.25, 0.3) is 0 Å². The van der Waals surface area contributed by atoms with Crippen molar-refractivity contribution < 1.29 is 14.6 Å². The molecule has 0 aromatic carbocycles. The van der Waals surface area contributed by atoms with Gasteiger partial charge < -0.3 is 9.84 Å². The Morgan fingerprint density at radius 3 is 2.90 bits per heavy atom. The van der Waals surface area contributed by atoms with Crippen molar-refractivity contribution >= 4 is 5.97 Å². The van der Waals surface area contributed by atoms with Crippen LogP contribution in [0.5, 0.6) is 0 Å². The van der Waals surface area contributed by atoms with Crippen LogP contribution in [0.1, 0.15) is 26.2 Å². The first kappa shape index (κ1) is 7.54. The topological polar surface area (TPSA) is 46.5 Å². The molecule has 1 aliphatic heterocycles. The predicted molar refractivity (Wildman–Crippen MR) is 35.1 cm³/mol. The Morgan fingerprint density at radius 1 is 1.80 bits per heavy atom. The van der Waals surface area contributed by atoms with Gasteiger partial charge in [-0.2, -0.15) is 0 Å². The number of ether oxygens (including phenoxy) is 1. The summed E-state index contributed by atoms with van der Waals surface area (Å²) in [6.07, 6.45) is 1.43. The number of aliphatic hydroxyl groups excluding tert-OH is 1. The Kier molecular flexibility index (Phi) is 2.27. The van der Waals surface area contributed by atoms with Crippen LogP contribution in [0, 0.1) is 5.92 Å². The Labute approximate surface area is 60.0 Å². The highest BCUT2D eigenvalue weighted by Crippen LogP contribution is 2.23. The Bertz CT molecular complexity index is 133. The monoisotopic (exact) mass is 144 g/mol. The van der Waals surface area contributed by atoms with E-state index in [4.69, 9.17) is 5.11 Å². The predicted octanol–water partition coefficient (Wildman–Crippen LogP) is 0.668. The molecule has 0 aromatic heterocycles. The Morgan fingerprint density at radius 2 is 2.50 bits per heavy atom. The minimum absolute atomic E-state index is 0.0556. The standard InChI is InChI=1S/C7H12O3/c1-2-3-5-4-6(8)10-7(5)9/h5-6,8H,2-4H2,1H3/t5?,6-/m1/s1. The maximum Gasteiger partial charge on any atom is 0.311 e. The molecule has 0 radical (unpaired) electrons. The molecule has 3 heteroatoms. The number of cyclic esters (lactones) is 1. The third-order valence-corrected chi connectivity index (χ3v) is 1.71. The highest BCUT2D eigenvalue weighted by molar-refractivity contribution is 5.74. The van der Waals surface area contributed by atoms with Crippen molar-refractivity contribution in [1.29, 1.82) is 0 Å². The lowest BCUT2D eigenvalue weighted by Gasteiger charge is -1.98. The SMILES string of the molecule is CCCC1C[C@H](O)OC1=O. The van der Waals surface area contributed by atoms with Gasteiger partial charge in [0.15, 0.2) is 0 Å². The number of aliphatic hydroxyl groups is 1. The normalized spacial score (nSPS) is 32.4. The average molecular weight is 144 g/mol. The summed E-state index contributed by atoms with van der Waals surface area (Å²) >= 11 is 0. The molecule has 1 aliphatic rings. The molecule has 2 atom stereocenters. The summed E-state index contributed by atoms with van der Waals surface area (Å²) in [4.78, 5) is 10.8. The van der Waals surface area contributed by atoms with E-state index in [9.17, 15) is 4.79 Å². The van der Waals surface area contributed by atoms with Crippen LogP contribution in [0.3, 0.4) is 0 Å². The van der Waals surface area contributed by atoms with Gasteiger partial charge in [-0.3, -0.25) is 4.79 Å². The van der Waals surface area contributed by atoms with Crippen molar-refractivity contribution in [3.63, 3.8) is 0 Å². The molecule has 1 heterocycles. The fourth-order valence-corrected chi connectivity index (χ4v) is 1.20. The van der Waals surface area contributed by atoms with Crippen molar-refractivity contribution in [2.75, 3.05) is 0 Å². The first-order valence-electron chi connectivity index (χ1n) is 3.62. The molecule has 10 heavy (non-hydrogen) atoms. The molecule has 0 saturated carbocycles. The third-order valence-electron chi connectivity index (χ3n) is 1.71.